The van der Waals surface area contributed by atoms with Crippen LogP contribution in [0, 0.1) is 0 Å². The first kappa shape index (κ1) is 12.7. The molecule has 2 aromatic rings. The van der Waals surface area contributed by atoms with E-state index < -0.39 is 5.97 Å². The number of aromatic hydroxyl groups is 1. The fourth-order valence-electron chi connectivity index (χ4n) is 0.951. The normalized spacial score (nSPS) is 9.06. The van der Waals surface area contributed by atoms with Gasteiger partial charge < -0.3 is 10.2 Å². The second kappa shape index (κ2) is 6.30. The van der Waals surface area contributed by atoms with E-state index in [2.05, 4.69) is 15.9 Å². The molecule has 1 aromatic heterocycles. The van der Waals surface area contributed by atoms with Crippen LogP contribution in [0.1, 0.15) is 10.4 Å². The molecule has 0 spiro atoms. The van der Waals surface area contributed by atoms with Gasteiger partial charge in [-0.1, -0.05) is 18.2 Å². The molecule has 16 heavy (non-hydrogen) atoms. The lowest BCUT2D eigenvalue weighted by atomic mass is 10.2. The van der Waals surface area contributed by atoms with Gasteiger partial charge in [0.25, 0.3) is 0 Å². The Labute approximate surface area is 105 Å². The lowest BCUT2D eigenvalue weighted by molar-refractivity contribution is 0.0692. The Morgan fingerprint density at radius 2 is 1.81 bits per heavy atom. The van der Waals surface area contributed by atoms with Crippen LogP contribution in [0.2, 0.25) is 0 Å². The second-order valence-electron chi connectivity index (χ2n) is 2.73. The second-order valence-corrected chi connectivity index (χ2v) is 4.40. The van der Waals surface area contributed by atoms with Crippen LogP contribution in [0.3, 0.4) is 0 Å². The molecule has 0 radical (unpaired) electrons. The van der Waals surface area contributed by atoms with Crippen molar-refractivity contribution in [3.05, 3.63) is 51.1 Å². The molecule has 0 aliphatic heterocycles. The van der Waals surface area contributed by atoms with E-state index in [1.807, 2.05) is 22.9 Å². The van der Waals surface area contributed by atoms with Gasteiger partial charge >= 0.3 is 5.97 Å². The van der Waals surface area contributed by atoms with Gasteiger partial charge in [-0.25, -0.2) is 4.79 Å². The largest absolute Gasteiger partial charge is 0.507 e. The minimum Gasteiger partial charge on any atom is -0.507 e. The highest BCUT2D eigenvalue weighted by atomic mass is 79.9. The third-order valence-electron chi connectivity index (χ3n) is 1.63. The van der Waals surface area contributed by atoms with Crippen molar-refractivity contribution in [2.24, 2.45) is 0 Å². The van der Waals surface area contributed by atoms with Crippen molar-refractivity contribution in [1.29, 1.82) is 0 Å². The lowest BCUT2D eigenvalue weighted by Crippen LogP contribution is -1.97. The molecular weight excluding hydrogens is 292 g/mol. The fourth-order valence-corrected chi connectivity index (χ4v) is 1.93. The summed E-state index contributed by atoms with van der Waals surface area (Å²) in [5.41, 5.74) is -0.104. The molecule has 0 unspecified atom stereocenters. The number of hydrogen-bond acceptors (Lipinski definition) is 3. The third-order valence-corrected chi connectivity index (χ3v) is 2.92. The standard InChI is InChI=1S/C7H5BrO3.C4H4S/c8-4-2-1-3-5(9)6(4)7(10)11;1-2-4-5-3-1/h1-3,9H,(H,10,11);1-4H. The molecular formula is C11H9BrO3S. The van der Waals surface area contributed by atoms with Crippen molar-refractivity contribution in [1.82, 2.24) is 0 Å². The summed E-state index contributed by atoms with van der Waals surface area (Å²) in [5, 5.41) is 21.7. The van der Waals surface area contributed by atoms with E-state index in [9.17, 15) is 4.79 Å². The molecule has 1 aromatic carbocycles. The van der Waals surface area contributed by atoms with E-state index in [4.69, 9.17) is 10.2 Å². The molecule has 0 aliphatic rings. The summed E-state index contributed by atoms with van der Waals surface area (Å²) >= 11 is 4.72. The molecule has 1 heterocycles. The number of halogens is 1. The Kier molecular flexibility index (Phi) is 5.01. The van der Waals surface area contributed by atoms with Crippen LogP contribution in [0.5, 0.6) is 5.75 Å². The van der Waals surface area contributed by atoms with Gasteiger partial charge in [0.1, 0.15) is 11.3 Å². The van der Waals surface area contributed by atoms with Crippen molar-refractivity contribution in [3.8, 4) is 5.75 Å². The highest BCUT2D eigenvalue weighted by Gasteiger charge is 2.12. The summed E-state index contributed by atoms with van der Waals surface area (Å²) in [4.78, 5) is 10.5. The fraction of sp³-hybridized carbons (Fsp3) is 0. The number of phenols is 1. The average Bonchev–Trinajstić information content (AvgIpc) is 2.74. The minimum atomic E-state index is -1.14. The summed E-state index contributed by atoms with van der Waals surface area (Å²) in [7, 11) is 0. The number of carbonyl (C=O) groups is 1. The zero-order valence-corrected chi connectivity index (χ0v) is 10.5. The van der Waals surface area contributed by atoms with Gasteiger partial charge in [-0.3, -0.25) is 0 Å². The van der Waals surface area contributed by atoms with Crippen molar-refractivity contribution in [2.75, 3.05) is 0 Å². The number of carboxylic acids is 1. The molecule has 0 bridgehead atoms. The highest BCUT2D eigenvalue weighted by Crippen LogP contribution is 2.24. The zero-order valence-electron chi connectivity index (χ0n) is 8.13. The average molecular weight is 301 g/mol. The SMILES string of the molecule is O=C(O)c1c(O)cccc1Br.c1ccsc1. The summed E-state index contributed by atoms with van der Waals surface area (Å²) in [6, 6.07) is 8.48. The Morgan fingerprint density at radius 1 is 1.19 bits per heavy atom. The quantitative estimate of drug-likeness (QED) is 0.846. The molecule has 0 saturated carbocycles. The Balaban J connectivity index is 0.000000212. The molecule has 0 fully saturated rings. The van der Waals surface area contributed by atoms with Crippen LogP contribution in [-0.4, -0.2) is 16.2 Å². The van der Waals surface area contributed by atoms with E-state index in [1.165, 1.54) is 6.07 Å². The smallest absolute Gasteiger partial charge is 0.340 e. The van der Waals surface area contributed by atoms with Crippen LogP contribution < -0.4 is 0 Å². The van der Waals surface area contributed by atoms with E-state index in [1.54, 1.807) is 23.5 Å². The predicted molar refractivity (Wildman–Crippen MR) is 67.1 cm³/mol. The molecule has 3 nitrogen and oxygen atoms in total. The van der Waals surface area contributed by atoms with E-state index in [0.29, 0.717) is 4.47 Å². The highest BCUT2D eigenvalue weighted by molar-refractivity contribution is 9.10. The molecule has 5 heteroatoms. The first-order valence-corrected chi connectivity index (χ1v) is 6.04. The van der Waals surface area contributed by atoms with Gasteiger partial charge in [-0.05, 0) is 38.8 Å². The zero-order chi connectivity index (χ0) is 12.0. The van der Waals surface area contributed by atoms with Crippen LogP contribution in [0.15, 0.2) is 45.6 Å². The third kappa shape index (κ3) is 3.67. The van der Waals surface area contributed by atoms with Crippen LogP contribution in [-0.2, 0) is 0 Å². The number of rotatable bonds is 1. The maximum atomic E-state index is 10.5. The van der Waals surface area contributed by atoms with Gasteiger partial charge in [0.15, 0.2) is 0 Å². The Morgan fingerprint density at radius 3 is 2.12 bits per heavy atom. The molecule has 0 saturated heterocycles. The molecule has 0 amide bonds. The van der Waals surface area contributed by atoms with Gasteiger partial charge in [-0.2, -0.15) is 11.3 Å². The number of benzene rings is 1. The van der Waals surface area contributed by atoms with Crippen molar-refractivity contribution in [3.63, 3.8) is 0 Å². The summed E-state index contributed by atoms with van der Waals surface area (Å²) < 4.78 is 0.380. The lowest BCUT2D eigenvalue weighted by Gasteiger charge is -1.99. The Bertz CT molecular complexity index is 417. The number of hydrogen-bond donors (Lipinski definition) is 2. The maximum absolute atomic E-state index is 10.5. The first-order chi connectivity index (χ1) is 7.63. The molecule has 2 rings (SSSR count). The van der Waals surface area contributed by atoms with Gasteiger partial charge in [-0.15, -0.1) is 0 Å². The van der Waals surface area contributed by atoms with Crippen molar-refractivity contribution < 1.29 is 15.0 Å². The number of carboxylic acid groups (broad SMARTS) is 1. The Hall–Kier alpha value is -1.33. The van der Waals surface area contributed by atoms with Gasteiger partial charge in [0, 0.05) is 4.47 Å². The van der Waals surface area contributed by atoms with Crippen LogP contribution in [0.4, 0.5) is 0 Å². The van der Waals surface area contributed by atoms with Gasteiger partial charge in [0.2, 0.25) is 0 Å². The predicted octanol–water partition coefficient (Wildman–Crippen LogP) is 3.60. The minimum absolute atomic E-state index is 0.104. The van der Waals surface area contributed by atoms with E-state index in [0.717, 1.165) is 0 Å². The first-order valence-electron chi connectivity index (χ1n) is 4.31. The van der Waals surface area contributed by atoms with Crippen LogP contribution >= 0.6 is 27.3 Å². The van der Waals surface area contributed by atoms with Crippen LogP contribution in [0.25, 0.3) is 0 Å². The topological polar surface area (TPSA) is 57.5 Å². The molecule has 84 valence electrons. The van der Waals surface area contributed by atoms with Crippen molar-refractivity contribution in [2.45, 2.75) is 0 Å². The summed E-state index contributed by atoms with van der Waals surface area (Å²) in [6.07, 6.45) is 0. The van der Waals surface area contributed by atoms with Crippen molar-refractivity contribution >= 4 is 33.2 Å². The molecule has 0 atom stereocenters. The maximum Gasteiger partial charge on any atom is 0.340 e. The monoisotopic (exact) mass is 300 g/mol. The summed E-state index contributed by atoms with van der Waals surface area (Å²) in [5.74, 6) is -1.37. The number of aromatic carboxylic acids is 1. The van der Waals surface area contributed by atoms with Gasteiger partial charge in [0.05, 0.1) is 0 Å². The van der Waals surface area contributed by atoms with E-state index >= 15 is 0 Å². The molecule has 0 aliphatic carbocycles. The van der Waals surface area contributed by atoms with E-state index in [-0.39, 0.29) is 11.3 Å². The molecule has 2 N–H and O–H groups in total. The summed E-state index contributed by atoms with van der Waals surface area (Å²) in [6.45, 7) is 0. The number of thiophene rings is 1.